The molecule has 0 spiro atoms. The summed E-state index contributed by atoms with van der Waals surface area (Å²) in [4.78, 5) is 35.7. The summed E-state index contributed by atoms with van der Waals surface area (Å²) in [6.07, 6.45) is 12.7. The van der Waals surface area contributed by atoms with Crippen LogP contribution in [0.15, 0.2) is 235 Å². The van der Waals surface area contributed by atoms with E-state index < -0.39 is 7.26 Å². The molecular formula is C56H39BrO3P+. The molecule has 0 N–H and O–H groups in total. The predicted octanol–water partition coefficient (Wildman–Crippen LogP) is 7.76. The van der Waals surface area contributed by atoms with Gasteiger partial charge in [-0.15, -0.1) is 0 Å². The summed E-state index contributed by atoms with van der Waals surface area (Å²) in [6.45, 7) is 0. The van der Waals surface area contributed by atoms with Crippen LogP contribution in [0.25, 0.3) is 38.4 Å². The Kier molecular flexibility index (Phi) is 12.1. The summed E-state index contributed by atoms with van der Waals surface area (Å²) in [5.41, 5.74) is 3.53. The van der Waals surface area contributed by atoms with Gasteiger partial charge in [0.1, 0.15) is 21.5 Å². The Morgan fingerprint density at radius 2 is 0.902 bits per heavy atom. The number of ketones is 2. The van der Waals surface area contributed by atoms with Gasteiger partial charge < -0.3 is 17.0 Å². The van der Waals surface area contributed by atoms with Gasteiger partial charge in [-0.3, -0.25) is 14.4 Å². The first-order chi connectivity index (χ1) is 29.5. The molecule has 2 aliphatic rings. The molecule has 0 atom stereocenters. The predicted molar refractivity (Wildman–Crippen MR) is 253 cm³/mol. The zero-order valence-corrected chi connectivity index (χ0v) is 35.5. The Labute approximate surface area is 366 Å². The van der Waals surface area contributed by atoms with E-state index in [0.717, 1.165) is 43.1 Å². The highest BCUT2D eigenvalue weighted by Gasteiger charge is 2.46. The number of rotatable bonds is 5. The second-order valence-electron chi connectivity index (χ2n) is 14.6. The van der Waals surface area contributed by atoms with Crippen LogP contribution in [0, 0.1) is 6.42 Å². The zero-order chi connectivity index (χ0) is 40.9. The van der Waals surface area contributed by atoms with Gasteiger partial charge in [-0.05, 0) is 64.2 Å². The fourth-order valence-corrected chi connectivity index (χ4v) is 12.2. The van der Waals surface area contributed by atoms with E-state index in [1.165, 1.54) is 21.5 Å². The highest BCUT2D eigenvalue weighted by Crippen LogP contribution is 2.58. The molecule has 9 aromatic carbocycles. The topological polar surface area (TPSA) is 51.2 Å². The molecule has 2 aliphatic carbocycles. The van der Waals surface area contributed by atoms with Crippen LogP contribution in [-0.2, 0) is 0 Å². The lowest BCUT2D eigenvalue weighted by molar-refractivity contribution is -0.0000226. The molecule has 9 aromatic rings. The number of hydrogen-bond donors (Lipinski definition) is 0. The fourth-order valence-electron chi connectivity index (χ4n) is 8.27. The average Bonchev–Trinajstić information content (AvgIpc) is 3.74. The van der Waals surface area contributed by atoms with Crippen LogP contribution in [0.1, 0.15) is 26.3 Å². The number of Topliss-reactive ketones (excluding diaryl/α,β-unsaturated/α-hetero) is 2. The molecule has 0 fully saturated rings. The van der Waals surface area contributed by atoms with Crippen molar-refractivity contribution < 1.29 is 26.6 Å². The van der Waals surface area contributed by atoms with E-state index in [4.69, 9.17) is 0 Å². The van der Waals surface area contributed by atoms with Crippen molar-refractivity contribution in [2.24, 2.45) is 0 Å². The smallest absolute Gasteiger partial charge is 0.234 e. The van der Waals surface area contributed by atoms with Crippen molar-refractivity contribution in [3.05, 3.63) is 268 Å². The van der Waals surface area contributed by atoms with E-state index in [0.29, 0.717) is 11.1 Å². The summed E-state index contributed by atoms with van der Waals surface area (Å²) in [7, 11) is -1.90. The van der Waals surface area contributed by atoms with Crippen LogP contribution in [0.5, 0.6) is 0 Å². The molecule has 0 saturated carbocycles. The standard InChI is InChI=1S/C25H21P.C19H12O.C12H6O2.BrH/c1-5-13-22(14-6-1)21-26(23-15-7-2-8-16-23,24-17-9-3-10-18-24)25-19-11-4-12-20-25;20-19-16-11-5-9-14-8-4-10-15(18(14)16)17(19)12-13-6-2-1-3-7-13;13-11-8-5-1-3-7-4-2-6-9(10(7)8)12(11)14;/h1-21H;1-12H;1-6H;1H/q+2;;;/p-1/b;17-12+;;. The van der Waals surface area contributed by atoms with E-state index >= 15 is 0 Å². The van der Waals surface area contributed by atoms with Crippen LogP contribution in [-0.4, -0.2) is 11.6 Å². The lowest BCUT2D eigenvalue weighted by Gasteiger charge is -2.22. The molecule has 0 heterocycles. The molecule has 0 amide bonds. The molecular weight excluding hydrogens is 831 g/mol. The molecule has 11 rings (SSSR count). The van der Waals surface area contributed by atoms with E-state index in [1.807, 2.05) is 72.8 Å². The quantitative estimate of drug-likeness (QED) is 0.101. The van der Waals surface area contributed by atoms with Crippen LogP contribution in [0.3, 0.4) is 0 Å². The Hall–Kier alpha value is -6.97. The van der Waals surface area contributed by atoms with Crippen molar-refractivity contribution in [1.82, 2.24) is 0 Å². The van der Waals surface area contributed by atoms with Crippen LogP contribution in [0.2, 0.25) is 0 Å². The molecule has 61 heavy (non-hydrogen) atoms. The first-order valence-electron chi connectivity index (χ1n) is 19.9. The summed E-state index contributed by atoms with van der Waals surface area (Å²) < 4.78 is 0. The lowest BCUT2D eigenvalue weighted by Crippen LogP contribution is -3.00. The molecule has 0 saturated heterocycles. The van der Waals surface area contributed by atoms with Crippen LogP contribution in [0.4, 0.5) is 0 Å². The first-order valence-corrected chi connectivity index (χ1v) is 21.8. The van der Waals surface area contributed by atoms with Gasteiger partial charge in [-0.2, -0.15) is 0 Å². The number of carbonyl (C=O) groups is 2. The second-order valence-corrected chi connectivity index (χ2v) is 17.9. The third-order valence-electron chi connectivity index (χ3n) is 11.0. The molecule has 0 bridgehead atoms. The fraction of sp³-hybridized carbons (Fsp3) is 0. The minimum atomic E-state index is -1.90. The molecule has 5 heteroatoms. The highest BCUT2D eigenvalue weighted by molar-refractivity contribution is 7.98. The van der Waals surface area contributed by atoms with Crippen molar-refractivity contribution in [2.75, 3.05) is 0 Å². The van der Waals surface area contributed by atoms with Gasteiger partial charge in [-0.1, -0.05) is 158 Å². The summed E-state index contributed by atoms with van der Waals surface area (Å²) in [5, 5.41) is 10.8. The molecule has 0 unspecified atom stereocenters. The Morgan fingerprint density at radius 1 is 0.443 bits per heavy atom. The van der Waals surface area contributed by atoms with Crippen molar-refractivity contribution in [3.8, 4) is 0 Å². The zero-order valence-electron chi connectivity index (χ0n) is 33.1. The normalized spacial score (nSPS) is 13.7. The van der Waals surface area contributed by atoms with E-state index in [1.54, 1.807) is 24.3 Å². The Balaban J connectivity index is 0.000000131. The SMILES string of the molecule is C1=C[CH+]C(=C[P+](c2ccccc2)(c2ccccc2)c2ccccc2)C=C1.O=C1C(=O)c2cccc3cccc1c23.O=c1/c(=C/c2ccccc2)c2cccc3cccc1c32.[Br-]. The van der Waals surface area contributed by atoms with Crippen molar-refractivity contribution in [1.29, 1.82) is 0 Å². The van der Waals surface area contributed by atoms with Crippen molar-refractivity contribution >= 4 is 73.1 Å². The maximum atomic E-state index is 12.6. The van der Waals surface area contributed by atoms with E-state index in [2.05, 4.69) is 140 Å². The summed E-state index contributed by atoms with van der Waals surface area (Å²) in [6, 6.07) is 65.6. The number of hydrogen-bond acceptors (Lipinski definition) is 3. The van der Waals surface area contributed by atoms with Gasteiger partial charge in [0.05, 0.1) is 0 Å². The van der Waals surface area contributed by atoms with Gasteiger partial charge in [0, 0.05) is 63.2 Å². The molecule has 3 nitrogen and oxygen atoms in total. The minimum Gasteiger partial charge on any atom is -1.00 e. The highest BCUT2D eigenvalue weighted by atomic mass is 79.9. The average molecular weight is 871 g/mol. The Bertz CT molecular complexity index is 3060. The third-order valence-corrected chi connectivity index (χ3v) is 15.1. The minimum absolute atomic E-state index is 0. The maximum absolute atomic E-state index is 12.6. The van der Waals surface area contributed by atoms with Gasteiger partial charge in [0.15, 0.2) is 18.5 Å². The number of allylic oxidation sites excluding steroid dienone is 5. The number of carbonyl (C=O) groups excluding carboxylic acids is 2. The van der Waals surface area contributed by atoms with Gasteiger partial charge in [0.2, 0.25) is 11.6 Å². The van der Waals surface area contributed by atoms with Crippen molar-refractivity contribution in [2.45, 2.75) is 0 Å². The first kappa shape index (κ1) is 40.8. The van der Waals surface area contributed by atoms with Crippen LogP contribution < -0.4 is 43.5 Å². The molecule has 0 aromatic heterocycles. The molecule has 0 aliphatic heterocycles. The largest absolute Gasteiger partial charge is 1.00 e. The maximum Gasteiger partial charge on any atom is 0.234 e. The number of benzene rings is 8. The summed E-state index contributed by atoms with van der Waals surface area (Å²) in [5.74, 6) is 1.74. The lowest BCUT2D eigenvalue weighted by atomic mass is 10.1. The second kappa shape index (κ2) is 18.1. The Morgan fingerprint density at radius 3 is 1.39 bits per heavy atom. The van der Waals surface area contributed by atoms with Crippen molar-refractivity contribution in [3.63, 3.8) is 0 Å². The third kappa shape index (κ3) is 7.92. The van der Waals surface area contributed by atoms with Crippen LogP contribution >= 0.6 is 7.26 Å². The number of halogens is 1. The molecule has 0 radical (unpaired) electrons. The molecule has 292 valence electrons. The van der Waals surface area contributed by atoms with E-state index in [-0.39, 0.29) is 34.0 Å². The van der Waals surface area contributed by atoms with Gasteiger partial charge in [0.25, 0.3) is 0 Å². The van der Waals surface area contributed by atoms with E-state index in [9.17, 15) is 14.4 Å². The monoisotopic (exact) mass is 869 g/mol. The van der Waals surface area contributed by atoms with Gasteiger partial charge >= 0.3 is 0 Å². The van der Waals surface area contributed by atoms with Gasteiger partial charge in [-0.25, -0.2) is 0 Å². The summed E-state index contributed by atoms with van der Waals surface area (Å²) >= 11 is 0.